The van der Waals surface area contributed by atoms with Crippen LogP contribution in [0.4, 0.5) is 5.69 Å². The highest BCUT2D eigenvalue weighted by atomic mass is 32.2. The number of benzene rings is 1. The summed E-state index contributed by atoms with van der Waals surface area (Å²) in [6, 6.07) is 1.07. The largest absolute Gasteiger partial charge is 0.495 e. The van der Waals surface area contributed by atoms with Crippen LogP contribution in [0.15, 0.2) is 23.1 Å². The summed E-state index contributed by atoms with van der Waals surface area (Å²) in [5, 5.41) is 28.2. The van der Waals surface area contributed by atoms with Crippen molar-refractivity contribution in [3.05, 3.63) is 28.3 Å². The Morgan fingerprint density at radius 3 is 2.57 bits per heavy atom. The zero-order valence-electron chi connectivity index (χ0n) is 10.7. The van der Waals surface area contributed by atoms with Crippen LogP contribution in [-0.4, -0.2) is 49.3 Å². The van der Waals surface area contributed by atoms with Gasteiger partial charge in [0.15, 0.2) is 0 Å². The summed E-state index contributed by atoms with van der Waals surface area (Å²) < 4.78 is 30.7. The van der Waals surface area contributed by atoms with E-state index >= 15 is 0 Å². The number of carbonyl (C=O) groups is 1. The van der Waals surface area contributed by atoms with Crippen LogP contribution in [0.25, 0.3) is 0 Å². The van der Waals surface area contributed by atoms with E-state index in [4.69, 9.17) is 14.9 Å². The van der Waals surface area contributed by atoms with Crippen molar-refractivity contribution in [3.8, 4) is 5.75 Å². The smallest absolute Gasteiger partial charge is 0.324 e. The number of methoxy groups -OCH3 is 1. The molecule has 0 aliphatic rings. The summed E-state index contributed by atoms with van der Waals surface area (Å²) in [7, 11) is -3.28. The molecule has 0 aliphatic carbocycles. The van der Waals surface area contributed by atoms with E-state index in [0.29, 0.717) is 0 Å². The third kappa shape index (κ3) is 3.87. The SMILES string of the molecule is COc1ccc([N+](=O)[O-])cc1S(=O)(=O)NC(CO)C(=O)O. The third-order valence-corrected chi connectivity index (χ3v) is 3.92. The number of hydrogen-bond donors (Lipinski definition) is 3. The summed E-state index contributed by atoms with van der Waals surface area (Å²) in [5.41, 5.74) is -0.507. The van der Waals surface area contributed by atoms with Crippen molar-refractivity contribution in [3.63, 3.8) is 0 Å². The number of carboxylic acids is 1. The second kappa shape index (κ2) is 6.47. The third-order valence-electron chi connectivity index (χ3n) is 2.43. The number of nitro groups is 1. The van der Waals surface area contributed by atoms with E-state index in [0.717, 1.165) is 25.3 Å². The van der Waals surface area contributed by atoms with Gasteiger partial charge in [-0.2, -0.15) is 4.72 Å². The van der Waals surface area contributed by atoms with Gasteiger partial charge in [0.1, 0.15) is 16.7 Å². The lowest BCUT2D eigenvalue weighted by Gasteiger charge is -2.14. The number of nitrogens with one attached hydrogen (secondary N) is 1. The van der Waals surface area contributed by atoms with Gasteiger partial charge in [-0.05, 0) is 6.07 Å². The van der Waals surface area contributed by atoms with Gasteiger partial charge < -0.3 is 14.9 Å². The number of aliphatic hydroxyl groups excluding tert-OH is 1. The molecule has 11 heteroatoms. The number of nitrogens with zero attached hydrogens (tertiary/aromatic N) is 1. The fraction of sp³-hybridized carbons (Fsp3) is 0.300. The van der Waals surface area contributed by atoms with Gasteiger partial charge in [-0.3, -0.25) is 14.9 Å². The molecule has 1 atom stereocenters. The van der Waals surface area contributed by atoms with Crippen LogP contribution in [0, 0.1) is 10.1 Å². The second-order valence-corrected chi connectivity index (χ2v) is 5.47. The Balaban J connectivity index is 3.32. The number of hydrogen-bond acceptors (Lipinski definition) is 7. The summed E-state index contributed by atoms with van der Waals surface area (Å²) >= 11 is 0. The Labute approximate surface area is 119 Å². The van der Waals surface area contributed by atoms with Crippen LogP contribution in [0.2, 0.25) is 0 Å². The summed E-state index contributed by atoms with van der Waals surface area (Å²) in [6.07, 6.45) is 0. The molecule has 0 bridgehead atoms. The number of aliphatic carboxylic acids is 1. The van der Waals surface area contributed by atoms with Crippen molar-refractivity contribution in [2.24, 2.45) is 0 Å². The summed E-state index contributed by atoms with van der Waals surface area (Å²) in [6.45, 7) is -0.980. The van der Waals surface area contributed by atoms with Gasteiger partial charge in [0, 0.05) is 12.1 Å². The van der Waals surface area contributed by atoms with E-state index in [2.05, 4.69) is 0 Å². The first-order valence-corrected chi connectivity index (χ1v) is 6.89. The van der Waals surface area contributed by atoms with Crippen LogP contribution in [-0.2, 0) is 14.8 Å². The van der Waals surface area contributed by atoms with Crippen molar-refractivity contribution >= 4 is 21.7 Å². The molecule has 0 saturated carbocycles. The quantitative estimate of drug-likeness (QED) is 0.441. The predicted molar refractivity (Wildman–Crippen MR) is 68.5 cm³/mol. The number of ether oxygens (including phenoxy) is 1. The summed E-state index contributed by atoms with van der Waals surface area (Å²) in [5.74, 6) is -1.79. The Kier molecular flexibility index (Phi) is 5.18. The minimum absolute atomic E-state index is 0.199. The molecule has 0 spiro atoms. The molecule has 21 heavy (non-hydrogen) atoms. The zero-order chi connectivity index (χ0) is 16.2. The maximum absolute atomic E-state index is 12.1. The first-order chi connectivity index (χ1) is 9.72. The Morgan fingerprint density at radius 2 is 2.14 bits per heavy atom. The highest BCUT2D eigenvalue weighted by Crippen LogP contribution is 2.28. The highest BCUT2D eigenvalue weighted by molar-refractivity contribution is 7.89. The van der Waals surface area contributed by atoms with Crippen molar-refractivity contribution in [2.75, 3.05) is 13.7 Å². The first-order valence-electron chi connectivity index (χ1n) is 5.41. The van der Waals surface area contributed by atoms with Gasteiger partial charge in [-0.25, -0.2) is 8.42 Å². The Bertz CT molecular complexity index is 657. The molecule has 1 unspecified atom stereocenters. The lowest BCUT2D eigenvalue weighted by atomic mass is 10.3. The predicted octanol–water partition coefficient (Wildman–Crippen LogP) is -0.673. The number of nitro benzene ring substituents is 1. The van der Waals surface area contributed by atoms with Crippen LogP contribution in [0.5, 0.6) is 5.75 Å². The van der Waals surface area contributed by atoms with E-state index in [1.807, 2.05) is 0 Å². The van der Waals surface area contributed by atoms with Crippen LogP contribution < -0.4 is 9.46 Å². The molecule has 0 fully saturated rings. The molecule has 0 saturated heterocycles. The topological polar surface area (TPSA) is 156 Å². The number of sulfonamides is 1. The lowest BCUT2D eigenvalue weighted by molar-refractivity contribution is -0.385. The van der Waals surface area contributed by atoms with Gasteiger partial charge in [-0.15, -0.1) is 0 Å². The second-order valence-electron chi connectivity index (χ2n) is 3.79. The lowest BCUT2D eigenvalue weighted by Crippen LogP contribution is -2.43. The highest BCUT2D eigenvalue weighted by Gasteiger charge is 2.28. The molecule has 1 aromatic rings. The van der Waals surface area contributed by atoms with E-state index in [1.54, 1.807) is 4.72 Å². The fourth-order valence-electron chi connectivity index (χ4n) is 1.41. The molecule has 1 aromatic carbocycles. The number of carboxylic acid groups (broad SMARTS) is 1. The zero-order valence-corrected chi connectivity index (χ0v) is 11.5. The molecule has 0 radical (unpaired) electrons. The molecular formula is C10H12N2O8S. The van der Waals surface area contributed by atoms with Crippen LogP contribution in [0.1, 0.15) is 0 Å². The average molecular weight is 320 g/mol. The minimum Gasteiger partial charge on any atom is -0.495 e. The number of aliphatic hydroxyl groups is 1. The van der Waals surface area contributed by atoms with Gasteiger partial charge >= 0.3 is 5.97 Å². The van der Waals surface area contributed by atoms with E-state index in [-0.39, 0.29) is 5.75 Å². The van der Waals surface area contributed by atoms with Crippen LogP contribution >= 0.6 is 0 Å². The Morgan fingerprint density at radius 1 is 1.52 bits per heavy atom. The number of non-ortho nitro benzene ring substituents is 1. The molecule has 0 aliphatic heterocycles. The van der Waals surface area contributed by atoms with Crippen molar-refractivity contribution in [1.82, 2.24) is 4.72 Å². The minimum atomic E-state index is -4.44. The van der Waals surface area contributed by atoms with E-state index in [1.165, 1.54) is 0 Å². The molecule has 0 aromatic heterocycles. The molecule has 10 nitrogen and oxygen atoms in total. The monoisotopic (exact) mass is 320 g/mol. The fourth-order valence-corrected chi connectivity index (χ4v) is 2.77. The Hall–Kier alpha value is -2.24. The van der Waals surface area contributed by atoms with Gasteiger partial charge in [-0.1, -0.05) is 0 Å². The molecule has 0 amide bonds. The first kappa shape index (κ1) is 16.8. The maximum Gasteiger partial charge on any atom is 0.324 e. The molecule has 1 rings (SSSR count). The van der Waals surface area contributed by atoms with Gasteiger partial charge in [0.2, 0.25) is 10.0 Å². The maximum atomic E-state index is 12.1. The molecule has 116 valence electrons. The number of rotatable bonds is 7. The molecule has 3 N–H and O–H groups in total. The van der Waals surface area contributed by atoms with E-state index < -0.39 is 44.1 Å². The van der Waals surface area contributed by atoms with Crippen molar-refractivity contribution in [1.29, 1.82) is 0 Å². The van der Waals surface area contributed by atoms with Crippen molar-refractivity contribution < 1.29 is 33.1 Å². The van der Waals surface area contributed by atoms with Gasteiger partial charge in [0.25, 0.3) is 5.69 Å². The molecular weight excluding hydrogens is 308 g/mol. The summed E-state index contributed by atoms with van der Waals surface area (Å²) in [4.78, 5) is 20.0. The normalized spacial score (nSPS) is 12.7. The van der Waals surface area contributed by atoms with Crippen molar-refractivity contribution in [2.45, 2.75) is 10.9 Å². The van der Waals surface area contributed by atoms with Crippen LogP contribution in [0.3, 0.4) is 0 Å². The van der Waals surface area contributed by atoms with E-state index in [9.17, 15) is 23.3 Å². The standard InChI is InChI=1S/C10H12N2O8S/c1-20-8-3-2-6(12(16)17)4-9(8)21(18,19)11-7(5-13)10(14)15/h2-4,7,11,13H,5H2,1H3,(H,14,15). The van der Waals surface area contributed by atoms with Gasteiger partial charge in [0.05, 0.1) is 18.6 Å². The average Bonchev–Trinajstić information content (AvgIpc) is 2.43. The molecule has 0 heterocycles.